The lowest BCUT2D eigenvalue weighted by atomic mass is 10.1. The Morgan fingerprint density at radius 2 is 1.70 bits per heavy atom. The number of hydrogen-bond acceptors (Lipinski definition) is 4. The Kier molecular flexibility index (Phi) is 5.09. The molecule has 3 rings (SSSR count). The number of aliphatic carboxylic acids is 1. The molecule has 0 aliphatic heterocycles. The lowest BCUT2D eigenvalue weighted by Crippen LogP contribution is -2.26. The highest BCUT2D eigenvalue weighted by molar-refractivity contribution is 6.30. The van der Waals surface area contributed by atoms with E-state index in [-0.39, 0.29) is 17.3 Å². The number of rotatable bonds is 5. The average Bonchev–Trinajstić information content (AvgIpc) is 3.05. The summed E-state index contributed by atoms with van der Waals surface area (Å²) >= 11 is 5.91. The Balaban J connectivity index is 2.19. The fourth-order valence-corrected chi connectivity index (χ4v) is 2.55. The van der Waals surface area contributed by atoms with Gasteiger partial charge >= 0.3 is 5.97 Å². The molecule has 0 amide bonds. The Morgan fingerprint density at radius 1 is 1.11 bits per heavy atom. The summed E-state index contributed by atoms with van der Waals surface area (Å²) < 4.78 is 19.0. The lowest BCUT2D eigenvalue weighted by Gasteiger charge is -2.07. The number of aromatic nitrogens is 1. The fourth-order valence-electron chi connectivity index (χ4n) is 2.42. The van der Waals surface area contributed by atoms with Crippen LogP contribution in [0.2, 0.25) is 5.02 Å². The molecule has 138 valence electrons. The molecule has 0 aliphatic carbocycles. The Morgan fingerprint density at radius 3 is 2.26 bits per heavy atom. The van der Waals surface area contributed by atoms with Gasteiger partial charge in [-0.25, -0.2) is 19.2 Å². The molecule has 0 bridgehead atoms. The zero-order valence-corrected chi connectivity index (χ0v) is 14.5. The van der Waals surface area contributed by atoms with Gasteiger partial charge in [-0.3, -0.25) is 0 Å². The van der Waals surface area contributed by atoms with Crippen LogP contribution >= 0.6 is 11.6 Å². The van der Waals surface area contributed by atoms with Crippen LogP contribution in [0.4, 0.5) is 4.39 Å². The van der Waals surface area contributed by atoms with E-state index >= 15 is 0 Å². The van der Waals surface area contributed by atoms with E-state index in [4.69, 9.17) is 27.5 Å². The summed E-state index contributed by atoms with van der Waals surface area (Å²) in [5, 5.41) is 10.0. The molecule has 9 heteroatoms. The van der Waals surface area contributed by atoms with E-state index < -0.39 is 23.8 Å². The summed E-state index contributed by atoms with van der Waals surface area (Å²) in [6.07, 6.45) is 0. The molecule has 0 spiro atoms. The molecule has 3 aromatic rings. The first-order valence-electron chi connectivity index (χ1n) is 7.69. The molecule has 1 aromatic heterocycles. The summed E-state index contributed by atoms with van der Waals surface area (Å²) in [5.74, 6) is -1.86. The number of nitrogens with zero attached hydrogens (tertiary/aromatic N) is 2. The van der Waals surface area contributed by atoms with Crippen molar-refractivity contribution in [3.8, 4) is 22.8 Å². The van der Waals surface area contributed by atoms with Crippen molar-refractivity contribution in [2.24, 2.45) is 16.5 Å². The molecular formula is C18H14ClFN4O3. The molecule has 7 nitrogen and oxygen atoms in total. The van der Waals surface area contributed by atoms with Gasteiger partial charge in [0.15, 0.2) is 17.8 Å². The van der Waals surface area contributed by atoms with Crippen molar-refractivity contribution in [3.05, 3.63) is 65.1 Å². The van der Waals surface area contributed by atoms with Crippen LogP contribution in [-0.4, -0.2) is 22.0 Å². The summed E-state index contributed by atoms with van der Waals surface area (Å²) in [5.41, 5.74) is 11.7. The SMILES string of the molecule is NC(N)=NC(C(=O)O)c1nc(-c2ccc(F)cc2)oc1-c1ccc(Cl)cc1. The second kappa shape index (κ2) is 7.46. The minimum absolute atomic E-state index is 0.0116. The quantitative estimate of drug-likeness (QED) is 0.455. The van der Waals surface area contributed by atoms with E-state index in [9.17, 15) is 14.3 Å². The summed E-state index contributed by atoms with van der Waals surface area (Å²) in [7, 11) is 0. The first-order chi connectivity index (χ1) is 12.8. The van der Waals surface area contributed by atoms with Gasteiger partial charge in [0.2, 0.25) is 5.89 Å². The zero-order chi connectivity index (χ0) is 19.6. The van der Waals surface area contributed by atoms with Gasteiger partial charge in [-0.1, -0.05) is 11.6 Å². The second-order valence-electron chi connectivity index (χ2n) is 5.54. The average molecular weight is 389 g/mol. The number of carboxylic acid groups (broad SMARTS) is 1. The Hall–Kier alpha value is -3.39. The number of carbonyl (C=O) groups is 1. The molecule has 0 saturated carbocycles. The third kappa shape index (κ3) is 4.06. The van der Waals surface area contributed by atoms with Crippen molar-refractivity contribution in [1.29, 1.82) is 0 Å². The minimum atomic E-state index is -1.47. The van der Waals surface area contributed by atoms with Gasteiger partial charge < -0.3 is 21.0 Å². The first-order valence-corrected chi connectivity index (χ1v) is 8.07. The molecule has 1 heterocycles. The number of carboxylic acids is 1. The number of nitrogens with two attached hydrogens (primary N) is 2. The number of aliphatic imine (C=N–C) groups is 1. The van der Waals surface area contributed by atoms with E-state index in [0.717, 1.165) is 0 Å². The second-order valence-corrected chi connectivity index (χ2v) is 5.98. The Labute approximate surface area is 158 Å². The molecule has 0 fully saturated rings. The van der Waals surface area contributed by atoms with Gasteiger partial charge in [0.05, 0.1) is 0 Å². The molecule has 5 N–H and O–H groups in total. The monoisotopic (exact) mass is 388 g/mol. The van der Waals surface area contributed by atoms with Crippen LogP contribution in [0.3, 0.4) is 0 Å². The summed E-state index contributed by atoms with van der Waals surface area (Å²) in [6, 6.07) is 10.5. The van der Waals surface area contributed by atoms with Crippen molar-refractivity contribution in [2.75, 3.05) is 0 Å². The lowest BCUT2D eigenvalue weighted by molar-refractivity contribution is -0.138. The van der Waals surface area contributed by atoms with Crippen LogP contribution in [0, 0.1) is 5.82 Å². The number of oxazole rings is 1. The standard InChI is InChI=1S/C18H14ClFN4O3/c19-11-5-1-9(2-6-11)15-13(14(17(25)26)24-18(21)22)23-16(27-15)10-3-7-12(20)8-4-10/h1-8,14H,(H,25,26)(H4,21,22,24). The van der Waals surface area contributed by atoms with Crippen LogP contribution in [0.15, 0.2) is 57.9 Å². The van der Waals surface area contributed by atoms with Crippen LogP contribution in [0.5, 0.6) is 0 Å². The van der Waals surface area contributed by atoms with Crippen LogP contribution in [0.25, 0.3) is 22.8 Å². The highest BCUT2D eigenvalue weighted by atomic mass is 35.5. The molecule has 0 aliphatic rings. The van der Waals surface area contributed by atoms with Gasteiger partial charge in [0, 0.05) is 16.1 Å². The van der Waals surface area contributed by atoms with E-state index in [1.165, 1.54) is 24.3 Å². The third-order valence-corrected chi connectivity index (χ3v) is 3.87. The van der Waals surface area contributed by atoms with Crippen molar-refractivity contribution >= 4 is 23.5 Å². The van der Waals surface area contributed by atoms with Gasteiger partial charge in [-0.2, -0.15) is 0 Å². The van der Waals surface area contributed by atoms with Crippen LogP contribution in [-0.2, 0) is 4.79 Å². The minimum Gasteiger partial charge on any atom is -0.479 e. The summed E-state index contributed by atoms with van der Waals surface area (Å²) in [4.78, 5) is 19.7. The smallest absolute Gasteiger partial charge is 0.335 e. The molecule has 0 saturated heterocycles. The third-order valence-electron chi connectivity index (χ3n) is 3.62. The highest BCUT2D eigenvalue weighted by Gasteiger charge is 2.29. The van der Waals surface area contributed by atoms with Crippen LogP contribution in [0.1, 0.15) is 11.7 Å². The topological polar surface area (TPSA) is 128 Å². The Bertz CT molecular complexity index is 996. The van der Waals surface area contributed by atoms with Crippen LogP contribution < -0.4 is 11.5 Å². The largest absolute Gasteiger partial charge is 0.479 e. The van der Waals surface area contributed by atoms with Crippen molar-refractivity contribution in [2.45, 2.75) is 6.04 Å². The maximum Gasteiger partial charge on any atom is 0.335 e. The molecule has 27 heavy (non-hydrogen) atoms. The fraction of sp³-hybridized carbons (Fsp3) is 0.0556. The number of hydrogen-bond donors (Lipinski definition) is 3. The molecule has 1 atom stereocenters. The predicted molar refractivity (Wildman–Crippen MR) is 98.5 cm³/mol. The first kappa shape index (κ1) is 18.4. The van der Waals surface area contributed by atoms with E-state index in [1.54, 1.807) is 24.3 Å². The van der Waals surface area contributed by atoms with E-state index in [1.807, 2.05) is 0 Å². The van der Waals surface area contributed by atoms with Gasteiger partial charge in [0.1, 0.15) is 11.5 Å². The highest BCUT2D eigenvalue weighted by Crippen LogP contribution is 2.35. The van der Waals surface area contributed by atoms with Gasteiger partial charge in [-0.05, 0) is 48.5 Å². The van der Waals surface area contributed by atoms with E-state index in [0.29, 0.717) is 16.1 Å². The number of benzene rings is 2. The van der Waals surface area contributed by atoms with E-state index in [2.05, 4.69) is 9.98 Å². The number of guanidine groups is 1. The normalized spacial score (nSPS) is 11.8. The van der Waals surface area contributed by atoms with Crippen molar-refractivity contribution in [3.63, 3.8) is 0 Å². The maximum atomic E-state index is 13.2. The van der Waals surface area contributed by atoms with Gasteiger partial charge in [0.25, 0.3) is 0 Å². The molecule has 0 radical (unpaired) electrons. The van der Waals surface area contributed by atoms with Crippen molar-refractivity contribution < 1.29 is 18.7 Å². The van der Waals surface area contributed by atoms with Crippen molar-refractivity contribution in [1.82, 2.24) is 4.98 Å². The predicted octanol–water partition coefficient (Wildman–Crippen LogP) is 3.20. The molecular weight excluding hydrogens is 375 g/mol. The molecule has 2 aromatic carbocycles. The summed E-state index contributed by atoms with van der Waals surface area (Å²) in [6.45, 7) is 0. The molecule has 1 unspecified atom stereocenters. The van der Waals surface area contributed by atoms with Gasteiger partial charge in [-0.15, -0.1) is 0 Å². The maximum absolute atomic E-state index is 13.2. The number of halogens is 2. The zero-order valence-electron chi connectivity index (χ0n) is 13.8.